The first-order valence-corrected chi connectivity index (χ1v) is 10.9. The highest BCUT2D eigenvalue weighted by atomic mass is 127. The van der Waals surface area contributed by atoms with E-state index in [1.807, 2.05) is 38.1 Å². The number of halogens is 3. The van der Waals surface area contributed by atoms with Gasteiger partial charge < -0.3 is 20.4 Å². The van der Waals surface area contributed by atoms with Gasteiger partial charge >= 0.3 is 0 Å². The number of guanidine groups is 1. The van der Waals surface area contributed by atoms with Crippen LogP contribution in [0.1, 0.15) is 30.9 Å². The molecule has 0 atom stereocenters. The molecule has 5 nitrogen and oxygen atoms in total. The Balaban J connectivity index is 0.00000363. The fourth-order valence-corrected chi connectivity index (χ4v) is 3.83. The Morgan fingerprint density at radius 3 is 2.53 bits per heavy atom. The van der Waals surface area contributed by atoms with E-state index in [2.05, 4.69) is 15.5 Å². The van der Waals surface area contributed by atoms with E-state index >= 15 is 0 Å². The highest BCUT2D eigenvalue weighted by Gasteiger charge is 2.20. The number of hydrogen-bond acceptors (Lipinski definition) is 3. The summed E-state index contributed by atoms with van der Waals surface area (Å²) in [6, 6.07) is 12.3. The van der Waals surface area contributed by atoms with Gasteiger partial charge in [0.2, 0.25) is 0 Å². The molecule has 32 heavy (non-hydrogen) atoms. The summed E-state index contributed by atoms with van der Waals surface area (Å²) in [5, 5.41) is 6.83. The van der Waals surface area contributed by atoms with Crippen LogP contribution in [0.2, 0.25) is 0 Å². The normalized spacial score (nSPS) is 14.9. The van der Waals surface area contributed by atoms with Gasteiger partial charge in [-0.1, -0.05) is 12.1 Å². The lowest BCUT2D eigenvalue weighted by Crippen LogP contribution is -2.48. The van der Waals surface area contributed by atoms with Crippen molar-refractivity contribution in [3.8, 4) is 0 Å². The minimum absolute atomic E-state index is 0. The van der Waals surface area contributed by atoms with Crippen LogP contribution in [0.3, 0.4) is 0 Å². The van der Waals surface area contributed by atoms with E-state index < -0.39 is 0 Å². The lowest BCUT2D eigenvalue weighted by molar-refractivity contribution is 0.392. The van der Waals surface area contributed by atoms with Crippen LogP contribution in [-0.4, -0.2) is 50.6 Å². The largest absolute Gasteiger partial charge is 0.371 e. The van der Waals surface area contributed by atoms with E-state index in [1.165, 1.54) is 12.1 Å². The Bertz CT molecular complexity index is 882. The molecule has 0 amide bonds. The summed E-state index contributed by atoms with van der Waals surface area (Å²) in [4.78, 5) is 8.88. The molecule has 0 saturated carbocycles. The molecule has 0 bridgehead atoms. The maximum Gasteiger partial charge on any atom is 0.191 e. The first-order valence-electron chi connectivity index (χ1n) is 10.9. The van der Waals surface area contributed by atoms with Crippen LogP contribution in [0.4, 0.5) is 14.5 Å². The molecule has 0 aliphatic carbocycles. The number of nitrogens with one attached hydrogen (secondary N) is 2. The van der Waals surface area contributed by atoms with Gasteiger partial charge in [0.1, 0.15) is 11.6 Å². The van der Waals surface area contributed by atoms with Crippen LogP contribution in [0.5, 0.6) is 0 Å². The first-order chi connectivity index (χ1) is 14.9. The Hall–Kier alpha value is -1.94. The molecule has 176 valence electrons. The topological polar surface area (TPSA) is 42.9 Å². The van der Waals surface area contributed by atoms with Gasteiger partial charge in [0.05, 0.1) is 6.54 Å². The Kier molecular flexibility index (Phi) is 10.6. The molecule has 1 fully saturated rings. The van der Waals surface area contributed by atoms with Crippen LogP contribution < -0.4 is 15.5 Å². The summed E-state index contributed by atoms with van der Waals surface area (Å²) in [7, 11) is 3.86. The van der Waals surface area contributed by atoms with Gasteiger partial charge in [-0.25, -0.2) is 13.8 Å². The van der Waals surface area contributed by atoms with Crippen LogP contribution in [0, 0.1) is 11.6 Å². The quantitative estimate of drug-likeness (QED) is 0.302. The summed E-state index contributed by atoms with van der Waals surface area (Å²) in [5.41, 5.74) is 2.60. The molecule has 2 aromatic carbocycles. The summed E-state index contributed by atoms with van der Waals surface area (Å²) >= 11 is 0. The molecule has 8 heteroatoms. The number of benzene rings is 2. The van der Waals surface area contributed by atoms with Crippen molar-refractivity contribution in [2.45, 2.75) is 38.9 Å². The van der Waals surface area contributed by atoms with Gasteiger partial charge in [-0.3, -0.25) is 0 Å². The van der Waals surface area contributed by atoms with E-state index in [0.29, 0.717) is 24.7 Å². The Labute approximate surface area is 207 Å². The zero-order valence-corrected chi connectivity index (χ0v) is 21.4. The minimum Gasteiger partial charge on any atom is -0.371 e. The zero-order chi connectivity index (χ0) is 22.2. The van der Waals surface area contributed by atoms with Gasteiger partial charge in [-0.2, -0.15) is 0 Å². The van der Waals surface area contributed by atoms with E-state index in [-0.39, 0.29) is 35.6 Å². The Morgan fingerprint density at radius 1 is 1.12 bits per heavy atom. The van der Waals surface area contributed by atoms with E-state index in [4.69, 9.17) is 4.99 Å². The van der Waals surface area contributed by atoms with Crippen molar-refractivity contribution >= 4 is 35.6 Å². The number of hydrogen-bond donors (Lipinski definition) is 2. The number of nitrogens with zero attached hydrogens (tertiary/aromatic N) is 3. The second kappa shape index (κ2) is 12.9. The van der Waals surface area contributed by atoms with Crippen molar-refractivity contribution in [2.24, 2.45) is 4.99 Å². The van der Waals surface area contributed by atoms with Gasteiger partial charge in [-0.15, -0.1) is 24.0 Å². The fourth-order valence-electron chi connectivity index (χ4n) is 3.83. The zero-order valence-electron chi connectivity index (χ0n) is 19.1. The highest BCUT2D eigenvalue weighted by molar-refractivity contribution is 14.0. The molecule has 1 aliphatic rings. The van der Waals surface area contributed by atoms with E-state index in [1.54, 1.807) is 18.2 Å². The number of aliphatic imine (C=N–C) groups is 1. The molecule has 0 aromatic heterocycles. The van der Waals surface area contributed by atoms with E-state index in [0.717, 1.165) is 49.7 Å². The van der Waals surface area contributed by atoms with E-state index in [9.17, 15) is 8.78 Å². The molecule has 2 aromatic rings. The van der Waals surface area contributed by atoms with Crippen molar-refractivity contribution < 1.29 is 8.78 Å². The van der Waals surface area contributed by atoms with Crippen molar-refractivity contribution in [1.82, 2.24) is 15.5 Å². The summed E-state index contributed by atoms with van der Waals surface area (Å²) in [5.74, 6) is 0.385. The molecule has 1 aliphatic heterocycles. The summed E-state index contributed by atoms with van der Waals surface area (Å²) in [6.45, 7) is 5.59. The molecular formula is C24H34F2IN5. The third-order valence-corrected chi connectivity index (χ3v) is 5.37. The van der Waals surface area contributed by atoms with Crippen molar-refractivity contribution in [1.29, 1.82) is 0 Å². The average Bonchev–Trinajstić information content (AvgIpc) is 2.74. The van der Waals surface area contributed by atoms with Gasteiger partial charge in [0.25, 0.3) is 0 Å². The van der Waals surface area contributed by atoms with Crippen molar-refractivity contribution in [3.63, 3.8) is 0 Å². The maximum absolute atomic E-state index is 14.0. The van der Waals surface area contributed by atoms with Gasteiger partial charge in [-0.05, 0) is 69.8 Å². The van der Waals surface area contributed by atoms with Crippen LogP contribution in [0.25, 0.3) is 0 Å². The second-order valence-electron chi connectivity index (χ2n) is 8.24. The van der Waals surface area contributed by atoms with Crippen molar-refractivity contribution in [2.75, 3.05) is 38.6 Å². The molecule has 1 heterocycles. The van der Waals surface area contributed by atoms with Gasteiger partial charge in [0.15, 0.2) is 5.96 Å². The molecule has 2 N–H and O–H groups in total. The molecule has 0 radical (unpaired) electrons. The summed E-state index contributed by atoms with van der Waals surface area (Å²) < 4.78 is 27.5. The second-order valence-corrected chi connectivity index (χ2v) is 8.24. The van der Waals surface area contributed by atoms with Crippen LogP contribution in [0.15, 0.2) is 47.5 Å². The monoisotopic (exact) mass is 557 g/mol. The van der Waals surface area contributed by atoms with Gasteiger partial charge in [0, 0.05) is 43.5 Å². The first kappa shape index (κ1) is 26.3. The lowest BCUT2D eigenvalue weighted by Gasteiger charge is -2.34. The number of piperidine rings is 1. The fraction of sp³-hybridized carbons (Fsp3) is 0.458. The predicted molar refractivity (Wildman–Crippen MR) is 139 cm³/mol. The number of rotatable bonds is 7. The molecular weight excluding hydrogens is 523 g/mol. The van der Waals surface area contributed by atoms with Crippen molar-refractivity contribution in [3.05, 3.63) is 65.2 Å². The maximum atomic E-state index is 14.0. The third kappa shape index (κ3) is 7.88. The third-order valence-electron chi connectivity index (χ3n) is 5.37. The predicted octanol–water partition coefficient (Wildman–Crippen LogP) is 4.37. The van der Waals surface area contributed by atoms with Crippen LogP contribution >= 0.6 is 24.0 Å². The lowest BCUT2D eigenvalue weighted by atomic mass is 10.0. The molecule has 0 unspecified atom stereocenters. The Morgan fingerprint density at radius 2 is 1.88 bits per heavy atom. The summed E-state index contributed by atoms with van der Waals surface area (Å²) in [6.07, 6.45) is 1.90. The highest BCUT2D eigenvalue weighted by Crippen LogP contribution is 2.21. The average molecular weight is 557 g/mol. The standard InChI is InChI=1S/C24H33F2N5.HI/c1-4-27-24(28-16-18-8-9-23(26)19(14-18)17-30(2)3)29-21-10-12-31(13-11-21)22-7-5-6-20(25)15-22;/h5-9,14-15,21H,4,10-13,16-17H2,1-3H3,(H2,27,28,29);1H. The number of anilines is 1. The molecule has 3 rings (SSSR count). The minimum atomic E-state index is -0.200. The SMILES string of the molecule is CCNC(=NCc1ccc(F)c(CN(C)C)c1)NC1CCN(c2cccc(F)c2)CC1.I. The smallest absolute Gasteiger partial charge is 0.191 e. The molecule has 1 saturated heterocycles. The van der Waals surface area contributed by atoms with Crippen LogP contribution in [-0.2, 0) is 13.1 Å². The molecule has 0 spiro atoms.